The summed E-state index contributed by atoms with van der Waals surface area (Å²) in [5.74, 6) is 1.62. The van der Waals surface area contributed by atoms with Gasteiger partial charge in [-0.15, -0.1) is 0 Å². The maximum atomic E-state index is 10.2. The fourth-order valence-corrected chi connectivity index (χ4v) is 3.57. The number of phenols is 1. The second kappa shape index (κ2) is 6.04. The van der Waals surface area contributed by atoms with E-state index in [1.165, 1.54) is 12.0 Å². The van der Waals surface area contributed by atoms with Crippen molar-refractivity contribution in [2.45, 2.75) is 25.2 Å². The van der Waals surface area contributed by atoms with Gasteiger partial charge in [-0.1, -0.05) is 11.2 Å². The van der Waals surface area contributed by atoms with Crippen LogP contribution in [0.2, 0.25) is 0 Å². The molecule has 4 rings (SSSR count). The second-order valence-electron chi connectivity index (χ2n) is 6.18. The van der Waals surface area contributed by atoms with Gasteiger partial charge in [0, 0.05) is 36.0 Å². The molecule has 1 unspecified atom stereocenters. The Hall–Kier alpha value is -2.34. The number of aryl methyl sites for hydroxylation is 1. The number of hydrogen-bond donors (Lipinski definition) is 2. The van der Waals surface area contributed by atoms with Crippen molar-refractivity contribution in [1.29, 1.82) is 0 Å². The monoisotopic (exact) mass is 312 g/mol. The minimum Gasteiger partial charge on any atom is -0.507 e. The Balaban J connectivity index is 1.39. The molecule has 1 atom stereocenters. The molecule has 1 saturated heterocycles. The SMILES string of the molecule is Oc1cccc2[nH]cc(C3CCN(CCCc4ncon4)C3)c12. The number of fused-ring (bicyclic) bond motifs is 1. The van der Waals surface area contributed by atoms with Crippen LogP contribution in [-0.2, 0) is 6.42 Å². The molecule has 0 saturated carbocycles. The smallest absolute Gasteiger partial charge is 0.213 e. The predicted molar refractivity (Wildman–Crippen MR) is 86.4 cm³/mol. The van der Waals surface area contributed by atoms with Gasteiger partial charge in [0.25, 0.3) is 0 Å². The van der Waals surface area contributed by atoms with E-state index in [1.807, 2.05) is 12.1 Å². The number of rotatable bonds is 5. The van der Waals surface area contributed by atoms with E-state index >= 15 is 0 Å². The molecule has 1 aliphatic heterocycles. The third-order valence-electron chi connectivity index (χ3n) is 4.71. The Bertz CT molecular complexity index is 781. The lowest BCUT2D eigenvalue weighted by Gasteiger charge is -2.15. The average molecular weight is 312 g/mol. The summed E-state index contributed by atoms with van der Waals surface area (Å²) in [5, 5.41) is 15.0. The van der Waals surface area contributed by atoms with Gasteiger partial charge in [0.05, 0.1) is 0 Å². The van der Waals surface area contributed by atoms with E-state index < -0.39 is 0 Å². The van der Waals surface area contributed by atoms with E-state index in [4.69, 9.17) is 4.52 Å². The number of benzene rings is 1. The highest BCUT2D eigenvalue weighted by molar-refractivity contribution is 5.89. The van der Waals surface area contributed by atoms with Crippen LogP contribution in [0.15, 0.2) is 35.3 Å². The lowest BCUT2D eigenvalue weighted by Crippen LogP contribution is -2.22. The van der Waals surface area contributed by atoms with Crippen LogP contribution in [0, 0.1) is 0 Å². The number of hydrogen-bond acceptors (Lipinski definition) is 5. The number of nitrogens with one attached hydrogen (secondary N) is 1. The Morgan fingerprint density at radius 1 is 1.39 bits per heavy atom. The number of phenolic OH excluding ortho intramolecular Hbond substituents is 1. The number of aromatic nitrogens is 3. The first kappa shape index (κ1) is 14.3. The topological polar surface area (TPSA) is 78.2 Å². The van der Waals surface area contributed by atoms with Crippen LogP contribution >= 0.6 is 0 Å². The molecule has 3 heterocycles. The molecule has 1 aliphatic rings. The third-order valence-corrected chi connectivity index (χ3v) is 4.71. The normalized spacial score (nSPS) is 18.9. The highest BCUT2D eigenvalue weighted by Crippen LogP contribution is 2.36. The van der Waals surface area contributed by atoms with Crippen molar-refractivity contribution in [1.82, 2.24) is 20.0 Å². The summed E-state index contributed by atoms with van der Waals surface area (Å²) in [6, 6.07) is 5.64. The number of likely N-dealkylation sites (tertiary alicyclic amines) is 1. The van der Waals surface area contributed by atoms with Crippen molar-refractivity contribution in [2.75, 3.05) is 19.6 Å². The van der Waals surface area contributed by atoms with Crippen LogP contribution in [-0.4, -0.2) is 44.8 Å². The summed E-state index contributed by atoms with van der Waals surface area (Å²) in [5.41, 5.74) is 2.24. The highest BCUT2D eigenvalue weighted by Gasteiger charge is 2.26. The maximum absolute atomic E-state index is 10.2. The van der Waals surface area contributed by atoms with Gasteiger partial charge < -0.3 is 19.5 Å². The molecule has 6 heteroatoms. The first-order chi connectivity index (χ1) is 11.3. The molecule has 6 nitrogen and oxygen atoms in total. The van der Waals surface area contributed by atoms with E-state index in [2.05, 4.69) is 26.2 Å². The summed E-state index contributed by atoms with van der Waals surface area (Å²) in [4.78, 5) is 9.80. The van der Waals surface area contributed by atoms with E-state index in [-0.39, 0.29) is 0 Å². The fraction of sp³-hybridized carbons (Fsp3) is 0.412. The molecule has 1 aromatic carbocycles. The molecule has 3 aromatic rings. The lowest BCUT2D eigenvalue weighted by atomic mass is 9.97. The minimum atomic E-state index is 0.370. The summed E-state index contributed by atoms with van der Waals surface area (Å²) in [7, 11) is 0. The minimum absolute atomic E-state index is 0.370. The maximum Gasteiger partial charge on any atom is 0.213 e. The number of nitrogens with zero attached hydrogens (tertiary/aromatic N) is 3. The zero-order chi connectivity index (χ0) is 15.6. The molecule has 0 spiro atoms. The van der Waals surface area contributed by atoms with E-state index in [0.29, 0.717) is 11.7 Å². The number of H-pyrrole nitrogens is 1. The Morgan fingerprint density at radius 2 is 2.35 bits per heavy atom. The van der Waals surface area contributed by atoms with Crippen molar-refractivity contribution >= 4 is 10.9 Å². The average Bonchev–Trinajstić information content (AvgIpc) is 3.27. The largest absolute Gasteiger partial charge is 0.507 e. The van der Waals surface area contributed by atoms with Gasteiger partial charge >= 0.3 is 0 Å². The van der Waals surface area contributed by atoms with Gasteiger partial charge in [-0.05, 0) is 43.6 Å². The molecule has 2 aromatic heterocycles. The molecule has 2 N–H and O–H groups in total. The summed E-state index contributed by atoms with van der Waals surface area (Å²) in [6.07, 6.45) is 6.45. The van der Waals surface area contributed by atoms with E-state index in [1.54, 1.807) is 6.07 Å². The van der Waals surface area contributed by atoms with Gasteiger partial charge in [0.1, 0.15) is 5.75 Å². The quantitative estimate of drug-likeness (QED) is 0.757. The first-order valence-corrected chi connectivity index (χ1v) is 8.08. The molecule has 120 valence electrons. The van der Waals surface area contributed by atoms with Gasteiger partial charge in [-0.25, -0.2) is 0 Å². The molecule has 0 bridgehead atoms. The molecule has 23 heavy (non-hydrogen) atoms. The lowest BCUT2D eigenvalue weighted by molar-refractivity contribution is 0.327. The standard InChI is InChI=1S/C17H20N4O2/c22-15-4-1-3-14-17(15)13(9-18-14)12-6-8-21(10-12)7-2-5-16-19-11-23-20-16/h1,3-4,9,11-12,18,22H,2,5-8,10H2. The Labute approximate surface area is 134 Å². The second-order valence-corrected chi connectivity index (χ2v) is 6.18. The van der Waals surface area contributed by atoms with Crippen LogP contribution < -0.4 is 0 Å². The zero-order valence-electron chi connectivity index (χ0n) is 12.9. The van der Waals surface area contributed by atoms with Gasteiger partial charge in [0.2, 0.25) is 6.39 Å². The Morgan fingerprint density at radius 3 is 3.22 bits per heavy atom. The van der Waals surface area contributed by atoms with Crippen LogP contribution in [0.1, 0.15) is 30.1 Å². The van der Waals surface area contributed by atoms with E-state index in [9.17, 15) is 5.11 Å². The van der Waals surface area contributed by atoms with Crippen molar-refractivity contribution in [2.24, 2.45) is 0 Å². The van der Waals surface area contributed by atoms with Crippen molar-refractivity contribution < 1.29 is 9.63 Å². The highest BCUT2D eigenvalue weighted by atomic mass is 16.5. The number of aromatic hydroxyl groups is 1. The van der Waals surface area contributed by atoms with Gasteiger partial charge in [-0.3, -0.25) is 0 Å². The molecule has 0 radical (unpaired) electrons. The fourth-order valence-electron chi connectivity index (χ4n) is 3.57. The van der Waals surface area contributed by atoms with Crippen molar-refractivity contribution in [3.8, 4) is 5.75 Å². The molecular formula is C17H20N4O2. The zero-order valence-corrected chi connectivity index (χ0v) is 12.9. The Kier molecular flexibility index (Phi) is 3.75. The van der Waals surface area contributed by atoms with Crippen LogP contribution in [0.5, 0.6) is 5.75 Å². The molecular weight excluding hydrogens is 292 g/mol. The molecule has 0 aliphatic carbocycles. The van der Waals surface area contributed by atoms with Crippen LogP contribution in [0.25, 0.3) is 10.9 Å². The van der Waals surface area contributed by atoms with Crippen molar-refractivity contribution in [3.63, 3.8) is 0 Å². The third kappa shape index (κ3) is 2.82. The van der Waals surface area contributed by atoms with Crippen LogP contribution in [0.3, 0.4) is 0 Å². The van der Waals surface area contributed by atoms with Crippen LogP contribution in [0.4, 0.5) is 0 Å². The first-order valence-electron chi connectivity index (χ1n) is 8.08. The van der Waals surface area contributed by atoms with Gasteiger partial charge in [0.15, 0.2) is 5.82 Å². The molecule has 0 amide bonds. The van der Waals surface area contributed by atoms with E-state index in [0.717, 1.165) is 55.6 Å². The van der Waals surface area contributed by atoms with Gasteiger partial charge in [-0.2, -0.15) is 4.98 Å². The predicted octanol–water partition coefficient (Wildman–Crippen LogP) is 2.68. The van der Waals surface area contributed by atoms with Crippen molar-refractivity contribution in [3.05, 3.63) is 42.2 Å². The number of aromatic amines is 1. The summed E-state index contributed by atoms with van der Waals surface area (Å²) in [6.45, 7) is 3.17. The molecule has 1 fully saturated rings. The summed E-state index contributed by atoms with van der Waals surface area (Å²) >= 11 is 0. The summed E-state index contributed by atoms with van der Waals surface area (Å²) < 4.78 is 4.75.